The minimum atomic E-state index is -0.270. The highest BCUT2D eigenvalue weighted by atomic mass is 16.1. The minimum absolute atomic E-state index is 0.270. The first kappa shape index (κ1) is 15.2. The fourth-order valence-corrected chi connectivity index (χ4v) is 3.28. The Bertz CT molecular complexity index is 458. The first-order valence-corrected chi connectivity index (χ1v) is 7.94. The molecule has 0 unspecified atom stereocenters. The van der Waals surface area contributed by atoms with E-state index >= 15 is 0 Å². The maximum Gasteiger partial charge on any atom is 0.146 e. The Labute approximate surface area is 121 Å². The van der Waals surface area contributed by atoms with E-state index in [9.17, 15) is 4.79 Å². The second kappa shape index (κ2) is 6.53. The van der Waals surface area contributed by atoms with Crippen molar-refractivity contribution in [1.29, 1.82) is 0 Å². The van der Waals surface area contributed by atoms with E-state index in [2.05, 4.69) is 25.0 Å². The number of aryl methyl sites for hydroxylation is 2. The highest BCUT2D eigenvalue weighted by molar-refractivity contribution is 5.87. The second-order valence-corrected chi connectivity index (χ2v) is 5.94. The lowest BCUT2D eigenvalue weighted by Gasteiger charge is -2.34. The van der Waals surface area contributed by atoms with Crippen LogP contribution >= 0.6 is 0 Å². The summed E-state index contributed by atoms with van der Waals surface area (Å²) >= 11 is 0. The summed E-state index contributed by atoms with van der Waals surface area (Å²) in [6.45, 7) is 5.47. The van der Waals surface area contributed by atoms with Gasteiger partial charge in [0.25, 0.3) is 0 Å². The molecule has 1 aromatic rings. The summed E-state index contributed by atoms with van der Waals surface area (Å²) in [6.07, 6.45) is 6.83. The molecule has 2 rings (SSSR count). The van der Waals surface area contributed by atoms with Crippen molar-refractivity contribution in [1.82, 2.24) is 9.78 Å². The van der Waals surface area contributed by atoms with E-state index in [4.69, 9.17) is 5.73 Å². The Hall–Kier alpha value is -1.16. The Kier molecular flexibility index (Phi) is 4.97. The summed E-state index contributed by atoms with van der Waals surface area (Å²) < 4.78 is 1.96. The lowest BCUT2D eigenvalue weighted by Crippen LogP contribution is -2.41. The summed E-state index contributed by atoms with van der Waals surface area (Å²) in [5.41, 5.74) is 7.80. The van der Waals surface area contributed by atoms with Gasteiger partial charge >= 0.3 is 0 Å². The van der Waals surface area contributed by atoms with Gasteiger partial charge in [-0.2, -0.15) is 5.10 Å². The molecular formula is C16H27N3O. The van der Waals surface area contributed by atoms with Crippen LogP contribution < -0.4 is 5.73 Å². The lowest BCUT2D eigenvalue weighted by molar-refractivity contribution is -0.129. The summed E-state index contributed by atoms with van der Waals surface area (Å²) in [5, 5.41) is 4.53. The Morgan fingerprint density at radius 3 is 2.60 bits per heavy atom. The minimum Gasteiger partial charge on any atom is -0.329 e. The summed E-state index contributed by atoms with van der Waals surface area (Å²) in [4.78, 5) is 12.8. The molecule has 0 amide bonds. The zero-order valence-corrected chi connectivity index (χ0v) is 12.8. The molecule has 0 saturated heterocycles. The van der Waals surface area contributed by atoms with Crippen LogP contribution in [0.2, 0.25) is 0 Å². The molecule has 1 saturated carbocycles. The monoisotopic (exact) mass is 277 g/mol. The van der Waals surface area contributed by atoms with Crippen LogP contribution in [0.15, 0.2) is 6.07 Å². The molecule has 0 aliphatic heterocycles. The van der Waals surface area contributed by atoms with Crippen LogP contribution in [0.5, 0.6) is 0 Å². The number of nitrogens with two attached hydrogens (primary N) is 1. The van der Waals surface area contributed by atoms with Gasteiger partial charge in [-0.25, -0.2) is 0 Å². The third kappa shape index (κ3) is 2.95. The van der Waals surface area contributed by atoms with E-state index < -0.39 is 0 Å². The van der Waals surface area contributed by atoms with E-state index in [1.807, 2.05) is 4.68 Å². The third-order valence-corrected chi connectivity index (χ3v) is 4.71. The van der Waals surface area contributed by atoms with Crippen LogP contribution in [0.1, 0.15) is 57.3 Å². The van der Waals surface area contributed by atoms with Gasteiger partial charge in [-0.1, -0.05) is 26.2 Å². The first-order chi connectivity index (χ1) is 9.65. The number of ketones is 1. The zero-order chi connectivity index (χ0) is 14.6. The van der Waals surface area contributed by atoms with Crippen molar-refractivity contribution in [3.63, 3.8) is 0 Å². The van der Waals surface area contributed by atoms with Crippen molar-refractivity contribution < 1.29 is 4.79 Å². The van der Waals surface area contributed by atoms with Crippen molar-refractivity contribution in [2.75, 3.05) is 6.54 Å². The molecule has 20 heavy (non-hydrogen) atoms. The van der Waals surface area contributed by atoms with Gasteiger partial charge in [0.2, 0.25) is 0 Å². The predicted molar refractivity (Wildman–Crippen MR) is 80.6 cm³/mol. The van der Waals surface area contributed by atoms with Crippen molar-refractivity contribution >= 4 is 5.78 Å². The average molecular weight is 277 g/mol. The smallest absolute Gasteiger partial charge is 0.146 e. The third-order valence-electron chi connectivity index (χ3n) is 4.71. The van der Waals surface area contributed by atoms with Crippen LogP contribution in [0, 0.1) is 5.41 Å². The number of Topliss-reactive ketones (excluding diaryl/α,β-unsaturated/α-hetero) is 1. The number of aromatic nitrogens is 2. The van der Waals surface area contributed by atoms with E-state index in [0.717, 1.165) is 50.0 Å². The number of hydrogen-bond donors (Lipinski definition) is 1. The molecule has 4 heteroatoms. The Morgan fingerprint density at radius 1 is 1.35 bits per heavy atom. The molecule has 4 nitrogen and oxygen atoms in total. The van der Waals surface area contributed by atoms with Crippen LogP contribution in [-0.4, -0.2) is 22.1 Å². The molecule has 1 fully saturated rings. The molecule has 0 aromatic carbocycles. The fraction of sp³-hybridized carbons (Fsp3) is 0.750. The highest BCUT2D eigenvalue weighted by Crippen LogP contribution is 2.37. The SMILES string of the molecule is CCc1cc(CC(=O)C2(CN)CCCCC2)n(CC)n1. The van der Waals surface area contributed by atoms with Gasteiger partial charge in [0.1, 0.15) is 5.78 Å². The van der Waals surface area contributed by atoms with Gasteiger partial charge in [0.05, 0.1) is 5.69 Å². The quantitative estimate of drug-likeness (QED) is 0.869. The fourth-order valence-electron chi connectivity index (χ4n) is 3.28. The zero-order valence-electron chi connectivity index (χ0n) is 12.8. The summed E-state index contributed by atoms with van der Waals surface area (Å²) in [5.74, 6) is 0.317. The molecule has 1 aliphatic rings. The van der Waals surface area contributed by atoms with E-state index in [1.54, 1.807) is 0 Å². The molecule has 2 N–H and O–H groups in total. The number of nitrogens with zero attached hydrogens (tertiary/aromatic N) is 2. The van der Waals surface area contributed by atoms with E-state index in [-0.39, 0.29) is 5.41 Å². The van der Waals surface area contributed by atoms with Crippen LogP contribution in [-0.2, 0) is 24.2 Å². The highest BCUT2D eigenvalue weighted by Gasteiger charge is 2.37. The average Bonchev–Trinajstić information content (AvgIpc) is 2.90. The van der Waals surface area contributed by atoms with E-state index in [0.29, 0.717) is 18.7 Å². The molecule has 0 spiro atoms. The van der Waals surface area contributed by atoms with Crippen LogP contribution in [0.4, 0.5) is 0 Å². The molecule has 0 atom stereocenters. The predicted octanol–water partition coefficient (Wildman–Crippen LogP) is 2.49. The topological polar surface area (TPSA) is 60.9 Å². The molecular weight excluding hydrogens is 250 g/mol. The van der Waals surface area contributed by atoms with Gasteiger partial charge < -0.3 is 5.73 Å². The summed E-state index contributed by atoms with van der Waals surface area (Å²) in [7, 11) is 0. The molecule has 112 valence electrons. The Balaban J connectivity index is 2.15. The molecule has 1 aliphatic carbocycles. The molecule has 1 heterocycles. The molecule has 1 aromatic heterocycles. The van der Waals surface area contributed by atoms with Crippen molar-refractivity contribution in [3.8, 4) is 0 Å². The van der Waals surface area contributed by atoms with Crippen LogP contribution in [0.25, 0.3) is 0 Å². The largest absolute Gasteiger partial charge is 0.329 e. The molecule has 0 radical (unpaired) electrons. The lowest BCUT2D eigenvalue weighted by atomic mass is 9.70. The van der Waals surface area contributed by atoms with Gasteiger partial charge in [-0.15, -0.1) is 0 Å². The van der Waals surface area contributed by atoms with Crippen molar-refractivity contribution in [2.45, 2.75) is 65.3 Å². The van der Waals surface area contributed by atoms with Gasteiger partial charge in [0, 0.05) is 30.6 Å². The first-order valence-electron chi connectivity index (χ1n) is 7.94. The maximum absolute atomic E-state index is 12.8. The molecule has 0 bridgehead atoms. The maximum atomic E-state index is 12.8. The number of carbonyl (C=O) groups is 1. The van der Waals surface area contributed by atoms with Crippen molar-refractivity contribution in [3.05, 3.63) is 17.5 Å². The number of carbonyl (C=O) groups excluding carboxylic acids is 1. The summed E-state index contributed by atoms with van der Waals surface area (Å²) in [6, 6.07) is 2.08. The normalized spacial score (nSPS) is 18.1. The van der Waals surface area contributed by atoms with Crippen LogP contribution in [0.3, 0.4) is 0 Å². The number of rotatable bonds is 6. The number of hydrogen-bond acceptors (Lipinski definition) is 3. The van der Waals surface area contributed by atoms with Gasteiger partial charge in [0.15, 0.2) is 0 Å². The Morgan fingerprint density at radius 2 is 2.05 bits per heavy atom. The standard InChI is InChI=1S/C16H27N3O/c1-3-13-10-14(19(4-2)18-13)11-15(20)16(12-17)8-6-5-7-9-16/h10H,3-9,11-12,17H2,1-2H3. The van der Waals surface area contributed by atoms with E-state index in [1.165, 1.54) is 6.42 Å². The van der Waals surface area contributed by atoms with Gasteiger partial charge in [-0.05, 0) is 32.3 Å². The second-order valence-electron chi connectivity index (χ2n) is 5.94. The van der Waals surface area contributed by atoms with Crippen molar-refractivity contribution in [2.24, 2.45) is 11.1 Å². The van der Waals surface area contributed by atoms with Gasteiger partial charge in [-0.3, -0.25) is 9.48 Å².